The van der Waals surface area contributed by atoms with Crippen molar-refractivity contribution in [2.75, 3.05) is 20.4 Å². The fourth-order valence-corrected chi connectivity index (χ4v) is 5.95. The van der Waals surface area contributed by atoms with E-state index in [1.54, 1.807) is 38.5 Å². The Balaban J connectivity index is 1.94. The third-order valence-corrected chi connectivity index (χ3v) is 8.76. The number of hydrogen-bond donors (Lipinski definition) is 1. The maximum atomic E-state index is 9.47. The van der Waals surface area contributed by atoms with Crippen LogP contribution in [0, 0.1) is 0 Å². The van der Waals surface area contributed by atoms with Crippen LogP contribution in [-0.2, 0) is 0 Å². The first kappa shape index (κ1) is 18.9. The molecule has 5 heteroatoms. The summed E-state index contributed by atoms with van der Waals surface area (Å²) >= 11 is 0. The van der Waals surface area contributed by atoms with Crippen LogP contribution < -0.4 is 24.6 Å². The van der Waals surface area contributed by atoms with Crippen molar-refractivity contribution in [3.63, 3.8) is 0 Å². The van der Waals surface area contributed by atoms with Gasteiger partial charge in [0.2, 0.25) is 0 Å². The smallest absolute Gasteiger partial charge is 0.156 e. The van der Waals surface area contributed by atoms with Gasteiger partial charge in [0.15, 0.2) is 8.07 Å². The van der Waals surface area contributed by atoms with Crippen LogP contribution in [0.25, 0.3) is 0 Å². The quantitative estimate of drug-likeness (QED) is 0.640. The van der Waals surface area contributed by atoms with Crippen molar-refractivity contribution in [1.29, 1.82) is 0 Å². The number of phenols is 1. The van der Waals surface area contributed by atoms with Gasteiger partial charge in [0.25, 0.3) is 0 Å². The highest BCUT2D eigenvalue weighted by Crippen LogP contribution is 2.19. The predicted octanol–water partition coefficient (Wildman–Crippen LogP) is 3.22. The molecule has 0 aliphatic rings. The zero-order chi connectivity index (χ0) is 19.3. The molecule has 3 aromatic carbocycles. The molecule has 0 heterocycles. The molecule has 0 fully saturated rings. The molecule has 0 spiro atoms. The SMILES string of the molecule is COc1ccc([Si](C)(COc2ccc(O)cc2)c2ccc(OC)cc2)cc1. The second-order valence-electron chi connectivity index (χ2n) is 6.57. The highest BCUT2D eigenvalue weighted by Gasteiger charge is 2.33. The molecule has 0 aromatic heterocycles. The molecule has 27 heavy (non-hydrogen) atoms. The first-order valence-electron chi connectivity index (χ1n) is 8.76. The van der Waals surface area contributed by atoms with Gasteiger partial charge in [-0.25, -0.2) is 0 Å². The number of benzene rings is 3. The molecule has 3 aromatic rings. The van der Waals surface area contributed by atoms with Gasteiger partial charge >= 0.3 is 0 Å². The van der Waals surface area contributed by atoms with Crippen molar-refractivity contribution in [3.8, 4) is 23.0 Å². The minimum Gasteiger partial charge on any atom is -0.508 e. The van der Waals surface area contributed by atoms with Gasteiger partial charge in [0.05, 0.1) is 20.4 Å². The van der Waals surface area contributed by atoms with E-state index >= 15 is 0 Å². The van der Waals surface area contributed by atoms with Gasteiger partial charge in [-0.3, -0.25) is 0 Å². The summed E-state index contributed by atoms with van der Waals surface area (Å²) in [6.45, 7) is 2.29. The topological polar surface area (TPSA) is 47.9 Å². The first-order valence-corrected chi connectivity index (χ1v) is 11.5. The molecule has 0 unspecified atom stereocenters. The van der Waals surface area contributed by atoms with Crippen LogP contribution in [0.2, 0.25) is 6.55 Å². The van der Waals surface area contributed by atoms with Crippen molar-refractivity contribution < 1.29 is 19.3 Å². The van der Waals surface area contributed by atoms with Gasteiger partial charge in [-0.05, 0) is 48.5 Å². The van der Waals surface area contributed by atoms with E-state index in [4.69, 9.17) is 14.2 Å². The number of ether oxygens (including phenoxy) is 3. The fourth-order valence-electron chi connectivity index (χ4n) is 3.02. The Bertz CT molecular complexity index is 811. The minimum absolute atomic E-state index is 0.229. The van der Waals surface area contributed by atoms with Gasteiger partial charge in [-0.15, -0.1) is 0 Å². The molecular weight excluding hydrogens is 356 g/mol. The van der Waals surface area contributed by atoms with Crippen LogP contribution in [0.4, 0.5) is 0 Å². The number of phenolic OH excluding ortho intramolecular Hbond substituents is 1. The zero-order valence-corrected chi connectivity index (χ0v) is 16.8. The van der Waals surface area contributed by atoms with Gasteiger partial charge in [-0.1, -0.05) is 41.2 Å². The first-order chi connectivity index (χ1) is 13.0. The minimum atomic E-state index is -2.17. The lowest BCUT2D eigenvalue weighted by molar-refractivity contribution is 0.379. The van der Waals surface area contributed by atoms with Gasteiger partial charge < -0.3 is 19.3 Å². The highest BCUT2D eigenvalue weighted by molar-refractivity contribution is 7.01. The molecule has 0 radical (unpaired) electrons. The maximum absolute atomic E-state index is 9.47. The number of hydrogen-bond acceptors (Lipinski definition) is 4. The third-order valence-electron chi connectivity index (χ3n) is 4.82. The lowest BCUT2D eigenvalue weighted by Crippen LogP contribution is -2.60. The van der Waals surface area contributed by atoms with Crippen molar-refractivity contribution in [3.05, 3.63) is 72.8 Å². The van der Waals surface area contributed by atoms with Gasteiger partial charge in [-0.2, -0.15) is 0 Å². The number of methoxy groups -OCH3 is 2. The maximum Gasteiger partial charge on any atom is 0.156 e. The summed E-state index contributed by atoms with van der Waals surface area (Å²) in [5.41, 5.74) is 0. The van der Waals surface area contributed by atoms with E-state index in [2.05, 4.69) is 30.8 Å². The molecule has 1 N–H and O–H groups in total. The summed E-state index contributed by atoms with van der Waals surface area (Å²) in [7, 11) is 1.17. The second-order valence-corrected chi connectivity index (χ2v) is 10.7. The zero-order valence-electron chi connectivity index (χ0n) is 15.8. The predicted molar refractivity (Wildman–Crippen MR) is 110 cm³/mol. The molecule has 0 aliphatic carbocycles. The van der Waals surface area contributed by atoms with Crippen LogP contribution in [-0.4, -0.2) is 33.6 Å². The Morgan fingerprint density at radius 2 is 1.07 bits per heavy atom. The standard InChI is InChI=1S/C22H24O4Si/c1-24-18-8-12-21(13-9-18)27(3,22-14-10-19(25-2)11-15-22)16-26-20-6-4-17(23)5-7-20/h4-15,23H,16H2,1-3H3. The van der Waals surface area contributed by atoms with Crippen LogP contribution in [0.15, 0.2) is 72.8 Å². The summed E-state index contributed by atoms with van der Waals surface area (Å²) < 4.78 is 16.7. The van der Waals surface area contributed by atoms with E-state index in [0.29, 0.717) is 6.23 Å². The molecule has 0 saturated heterocycles. The summed E-state index contributed by atoms with van der Waals surface area (Å²) in [5, 5.41) is 12.0. The van der Waals surface area contributed by atoms with Crippen LogP contribution in [0.1, 0.15) is 0 Å². The Hall–Kier alpha value is -2.92. The van der Waals surface area contributed by atoms with E-state index in [9.17, 15) is 5.11 Å². The second kappa shape index (κ2) is 8.18. The Morgan fingerprint density at radius 3 is 1.48 bits per heavy atom. The highest BCUT2D eigenvalue weighted by atomic mass is 28.3. The van der Waals surface area contributed by atoms with Crippen molar-refractivity contribution >= 4 is 18.4 Å². The molecule has 140 valence electrons. The largest absolute Gasteiger partial charge is 0.508 e. The number of rotatable bonds is 7. The molecule has 0 atom stereocenters. The number of aromatic hydroxyl groups is 1. The van der Waals surface area contributed by atoms with E-state index in [0.717, 1.165) is 17.2 Å². The van der Waals surface area contributed by atoms with Crippen molar-refractivity contribution in [2.24, 2.45) is 0 Å². The monoisotopic (exact) mass is 380 g/mol. The average Bonchev–Trinajstić information content (AvgIpc) is 2.73. The van der Waals surface area contributed by atoms with Crippen molar-refractivity contribution in [1.82, 2.24) is 0 Å². The molecule has 0 saturated carbocycles. The Kier molecular flexibility index (Phi) is 5.71. The third kappa shape index (κ3) is 4.26. The van der Waals surface area contributed by atoms with Gasteiger partial charge in [0.1, 0.15) is 23.0 Å². The van der Waals surface area contributed by atoms with E-state index in [-0.39, 0.29) is 5.75 Å². The fraction of sp³-hybridized carbons (Fsp3) is 0.182. The van der Waals surface area contributed by atoms with Crippen LogP contribution in [0.3, 0.4) is 0 Å². The molecule has 0 bridgehead atoms. The average molecular weight is 381 g/mol. The molecule has 0 amide bonds. The van der Waals surface area contributed by atoms with Gasteiger partial charge in [0, 0.05) is 0 Å². The lowest BCUT2D eigenvalue weighted by atomic mass is 10.3. The van der Waals surface area contributed by atoms with Crippen LogP contribution >= 0.6 is 0 Å². The Morgan fingerprint density at radius 1 is 0.667 bits per heavy atom. The van der Waals surface area contributed by atoms with Crippen molar-refractivity contribution in [2.45, 2.75) is 6.55 Å². The molecule has 3 rings (SSSR count). The lowest BCUT2D eigenvalue weighted by Gasteiger charge is -2.29. The van der Waals surface area contributed by atoms with Crippen LogP contribution in [0.5, 0.6) is 23.0 Å². The summed E-state index contributed by atoms with van der Waals surface area (Å²) in [6, 6.07) is 23.3. The summed E-state index contributed by atoms with van der Waals surface area (Å²) in [4.78, 5) is 0. The van der Waals surface area contributed by atoms with E-state index in [1.807, 2.05) is 24.3 Å². The molecule has 0 aliphatic heterocycles. The normalized spacial score (nSPS) is 11.1. The Labute approximate surface area is 161 Å². The summed E-state index contributed by atoms with van der Waals surface area (Å²) in [5.74, 6) is 2.65. The summed E-state index contributed by atoms with van der Waals surface area (Å²) in [6.07, 6.45) is 0.580. The van der Waals surface area contributed by atoms with E-state index < -0.39 is 8.07 Å². The van der Waals surface area contributed by atoms with E-state index in [1.165, 1.54) is 10.4 Å². The molecule has 4 nitrogen and oxygen atoms in total. The molecular formula is C22H24O4Si.